The number of fused-ring (bicyclic) bond motifs is 6. The molecule has 3 saturated carbocycles. The third kappa shape index (κ3) is 5.22. The number of piperidine rings is 1. The van der Waals surface area contributed by atoms with Crippen LogP contribution in [-0.2, 0) is 20.7 Å². The molecule has 0 unspecified atom stereocenters. The van der Waals surface area contributed by atoms with E-state index in [1.165, 1.54) is 32.1 Å². The topological polar surface area (TPSA) is 49.9 Å². The molecule has 240 valence electrons. The number of ether oxygens (including phenoxy) is 1. The Morgan fingerprint density at radius 1 is 1.09 bits per heavy atom. The van der Waals surface area contributed by atoms with Crippen LogP contribution in [0.5, 0.6) is 0 Å². The standard InChI is InChI=1S/C39H56N2O3/c1-25-19-35-37(41(24-25)18-17-40(5)36(43)20-28-9-7-6-8-10-28)27(3)39(44-35)16-14-31-32-12-11-29-21-30(42)13-15-38(29,4)34(32)22-33(31)26(2)23-39/h6-10,25,27,29,31-32,34-35,37H,11-24H2,1-5H3/t25-,27+,29+,31-,32-,34-,35+,37-,38-,39-/m0/s1. The molecule has 5 nitrogen and oxygen atoms in total. The first-order valence-corrected chi connectivity index (χ1v) is 18.0. The number of carbonyl (C=O) groups excluding carboxylic acids is 2. The van der Waals surface area contributed by atoms with Crippen molar-refractivity contribution >= 4 is 11.7 Å². The number of allylic oxidation sites excluding steroid dienone is 1. The van der Waals surface area contributed by atoms with E-state index in [1.54, 1.807) is 11.1 Å². The first-order valence-electron chi connectivity index (χ1n) is 18.0. The lowest BCUT2D eigenvalue weighted by Gasteiger charge is -2.52. The molecule has 1 amide bonds. The van der Waals surface area contributed by atoms with Crippen LogP contribution in [-0.4, -0.2) is 65.9 Å². The number of likely N-dealkylation sites (N-methyl/N-ethyl adjacent to an activating group) is 1. The van der Waals surface area contributed by atoms with Crippen molar-refractivity contribution < 1.29 is 14.3 Å². The molecule has 44 heavy (non-hydrogen) atoms. The van der Waals surface area contributed by atoms with E-state index in [0.29, 0.717) is 47.3 Å². The lowest BCUT2D eigenvalue weighted by Crippen LogP contribution is -2.53. The fraction of sp³-hybridized carbons (Fsp3) is 0.744. The highest BCUT2D eigenvalue weighted by Crippen LogP contribution is 2.65. The second kappa shape index (κ2) is 11.7. The number of rotatable bonds is 5. The molecule has 5 fully saturated rings. The van der Waals surface area contributed by atoms with E-state index in [4.69, 9.17) is 4.74 Å². The van der Waals surface area contributed by atoms with Crippen LogP contribution in [0.1, 0.15) is 97.5 Å². The SMILES string of the molecule is CC1=C2C[C@H]3[C@@H](CC[C@@H]4CC(=O)CC[C@@]43C)[C@@H]2CC[C@@]2(C1)O[C@@H]1C[C@H](C)CN(CCN(C)C(=O)Cc3ccccc3)[C@H]1[C@H]2C. The number of benzene rings is 1. The summed E-state index contributed by atoms with van der Waals surface area (Å²) in [6, 6.07) is 10.5. The van der Waals surface area contributed by atoms with Crippen molar-refractivity contribution in [1.29, 1.82) is 0 Å². The Morgan fingerprint density at radius 2 is 1.89 bits per heavy atom. The maximum absolute atomic E-state index is 13.0. The second-order valence-electron chi connectivity index (χ2n) is 16.4. The van der Waals surface area contributed by atoms with Gasteiger partial charge < -0.3 is 9.64 Å². The lowest BCUT2D eigenvalue weighted by molar-refractivity contribution is -0.130. The van der Waals surface area contributed by atoms with Crippen molar-refractivity contribution in [1.82, 2.24) is 9.80 Å². The van der Waals surface area contributed by atoms with Crippen molar-refractivity contribution in [2.75, 3.05) is 26.7 Å². The molecule has 6 aliphatic rings. The molecule has 0 bridgehead atoms. The Morgan fingerprint density at radius 3 is 2.68 bits per heavy atom. The monoisotopic (exact) mass is 600 g/mol. The summed E-state index contributed by atoms with van der Waals surface area (Å²) in [5.74, 6) is 4.68. The molecule has 2 aliphatic heterocycles. The van der Waals surface area contributed by atoms with E-state index >= 15 is 0 Å². The molecule has 5 heteroatoms. The molecular weight excluding hydrogens is 544 g/mol. The van der Waals surface area contributed by atoms with Gasteiger partial charge in [0.25, 0.3) is 0 Å². The molecule has 1 aromatic carbocycles. The maximum atomic E-state index is 13.0. The molecular formula is C39H56N2O3. The van der Waals surface area contributed by atoms with Crippen LogP contribution in [0.2, 0.25) is 0 Å². The zero-order chi connectivity index (χ0) is 30.8. The lowest BCUT2D eigenvalue weighted by atomic mass is 9.52. The first-order chi connectivity index (χ1) is 21.1. The summed E-state index contributed by atoms with van der Waals surface area (Å²) < 4.78 is 7.32. The number of nitrogens with zero attached hydrogens (tertiary/aromatic N) is 2. The van der Waals surface area contributed by atoms with Gasteiger partial charge in [-0.2, -0.15) is 0 Å². The number of ketones is 1. The van der Waals surface area contributed by atoms with Gasteiger partial charge in [-0.1, -0.05) is 62.2 Å². The molecule has 0 N–H and O–H groups in total. The Hall–Kier alpha value is -1.98. The summed E-state index contributed by atoms with van der Waals surface area (Å²) in [7, 11) is 1.97. The highest BCUT2D eigenvalue weighted by molar-refractivity contribution is 5.79. The normalized spacial score (nSPS) is 42.0. The predicted octanol–water partition coefficient (Wildman–Crippen LogP) is 7.09. The minimum atomic E-state index is -0.0675. The highest BCUT2D eigenvalue weighted by Gasteiger charge is 2.60. The Balaban J connectivity index is 1.05. The number of likely N-dealkylation sites (tertiary alicyclic amines) is 1. The van der Waals surface area contributed by atoms with Crippen molar-refractivity contribution in [2.24, 2.45) is 40.9 Å². The van der Waals surface area contributed by atoms with Gasteiger partial charge in [0.15, 0.2) is 0 Å². The minimum Gasteiger partial charge on any atom is -0.369 e. The third-order valence-electron chi connectivity index (χ3n) is 14.0. The van der Waals surface area contributed by atoms with E-state index in [-0.39, 0.29) is 17.6 Å². The molecule has 4 aliphatic carbocycles. The predicted molar refractivity (Wildman–Crippen MR) is 175 cm³/mol. The van der Waals surface area contributed by atoms with Gasteiger partial charge in [-0.25, -0.2) is 0 Å². The molecule has 2 heterocycles. The summed E-state index contributed by atoms with van der Waals surface area (Å²) in [5.41, 5.74) is 4.78. The van der Waals surface area contributed by atoms with Crippen LogP contribution < -0.4 is 0 Å². The summed E-state index contributed by atoms with van der Waals surface area (Å²) in [5, 5.41) is 0. The number of amides is 1. The van der Waals surface area contributed by atoms with Gasteiger partial charge >= 0.3 is 0 Å². The molecule has 10 atom stereocenters. The average molecular weight is 601 g/mol. The van der Waals surface area contributed by atoms with Gasteiger partial charge in [-0.15, -0.1) is 0 Å². The van der Waals surface area contributed by atoms with E-state index in [1.807, 2.05) is 42.3 Å². The van der Waals surface area contributed by atoms with Crippen molar-refractivity contribution in [3.63, 3.8) is 0 Å². The van der Waals surface area contributed by atoms with Crippen LogP contribution in [0.3, 0.4) is 0 Å². The Labute approximate surface area is 266 Å². The zero-order valence-electron chi connectivity index (χ0n) is 28.0. The molecule has 1 spiro atoms. The minimum absolute atomic E-state index is 0.0675. The van der Waals surface area contributed by atoms with Gasteiger partial charge in [0.05, 0.1) is 18.1 Å². The van der Waals surface area contributed by atoms with Gasteiger partial charge in [-0.05, 0) is 98.9 Å². The Bertz CT molecular complexity index is 1290. The summed E-state index contributed by atoms with van der Waals surface area (Å²) >= 11 is 0. The molecule has 7 rings (SSSR count). The average Bonchev–Trinajstić information content (AvgIpc) is 3.46. The zero-order valence-corrected chi connectivity index (χ0v) is 28.0. The van der Waals surface area contributed by atoms with E-state index in [2.05, 4.69) is 32.6 Å². The maximum Gasteiger partial charge on any atom is 0.226 e. The van der Waals surface area contributed by atoms with Crippen LogP contribution >= 0.6 is 0 Å². The van der Waals surface area contributed by atoms with E-state index in [0.717, 1.165) is 69.1 Å². The first kappa shape index (κ1) is 30.7. The second-order valence-corrected chi connectivity index (χ2v) is 16.4. The molecule has 2 saturated heterocycles. The quantitative estimate of drug-likeness (QED) is 0.339. The van der Waals surface area contributed by atoms with Crippen LogP contribution in [0.4, 0.5) is 0 Å². The van der Waals surface area contributed by atoms with Crippen molar-refractivity contribution in [3.8, 4) is 0 Å². The number of carbonyl (C=O) groups is 2. The number of hydrogen-bond acceptors (Lipinski definition) is 4. The van der Waals surface area contributed by atoms with Crippen LogP contribution in [0.15, 0.2) is 41.5 Å². The number of hydrogen-bond donors (Lipinski definition) is 0. The van der Waals surface area contributed by atoms with Crippen molar-refractivity contribution in [2.45, 2.75) is 116 Å². The smallest absolute Gasteiger partial charge is 0.226 e. The van der Waals surface area contributed by atoms with Crippen LogP contribution in [0, 0.1) is 40.9 Å². The molecule has 0 aromatic heterocycles. The van der Waals surface area contributed by atoms with E-state index < -0.39 is 0 Å². The van der Waals surface area contributed by atoms with Crippen LogP contribution in [0.25, 0.3) is 0 Å². The largest absolute Gasteiger partial charge is 0.369 e. The summed E-state index contributed by atoms with van der Waals surface area (Å²) in [6.07, 6.45) is 12.0. The number of Topliss-reactive ketones (excluding diaryl/α,β-unsaturated/α-hetero) is 1. The fourth-order valence-electron chi connectivity index (χ4n) is 11.6. The molecule has 0 radical (unpaired) electrons. The Kier molecular flexibility index (Phi) is 8.13. The van der Waals surface area contributed by atoms with Crippen molar-refractivity contribution in [3.05, 3.63) is 47.0 Å². The van der Waals surface area contributed by atoms with E-state index in [9.17, 15) is 9.59 Å². The highest BCUT2D eigenvalue weighted by atomic mass is 16.5. The third-order valence-corrected chi connectivity index (χ3v) is 14.0. The van der Waals surface area contributed by atoms with Gasteiger partial charge in [0.2, 0.25) is 5.91 Å². The van der Waals surface area contributed by atoms with Gasteiger partial charge in [0.1, 0.15) is 5.78 Å². The summed E-state index contributed by atoms with van der Waals surface area (Å²) in [4.78, 5) is 30.0. The van der Waals surface area contributed by atoms with Gasteiger partial charge in [-0.3, -0.25) is 14.5 Å². The summed E-state index contributed by atoms with van der Waals surface area (Å²) in [6.45, 7) is 12.7. The molecule has 1 aromatic rings. The van der Waals surface area contributed by atoms with Gasteiger partial charge in [0, 0.05) is 51.5 Å². The fourth-order valence-corrected chi connectivity index (χ4v) is 11.6.